The Balaban J connectivity index is 2.29. The van der Waals surface area contributed by atoms with E-state index in [0.29, 0.717) is 6.42 Å². The first-order valence-corrected chi connectivity index (χ1v) is 5.08. The van der Waals surface area contributed by atoms with Gasteiger partial charge in [-0.3, -0.25) is 4.79 Å². The maximum absolute atomic E-state index is 11.7. The van der Waals surface area contributed by atoms with E-state index in [2.05, 4.69) is 6.58 Å². The molecule has 14 heavy (non-hydrogen) atoms. The lowest BCUT2D eigenvalue weighted by molar-refractivity contribution is -0.154. The Bertz CT molecular complexity index is 274. The Kier molecular flexibility index (Phi) is 2.14. The normalized spacial score (nSPS) is 45.1. The molecule has 2 aliphatic rings. The van der Waals surface area contributed by atoms with Gasteiger partial charge < -0.3 is 9.84 Å². The lowest BCUT2D eigenvalue weighted by atomic mass is 9.85. The Morgan fingerprint density at radius 1 is 1.64 bits per heavy atom. The molecule has 2 aliphatic carbocycles. The van der Waals surface area contributed by atoms with Gasteiger partial charge in [0.05, 0.1) is 13.2 Å². The molecule has 0 aromatic heterocycles. The molecule has 1 N–H and O–H groups in total. The predicted molar refractivity (Wildman–Crippen MR) is 51.5 cm³/mol. The Labute approximate surface area is 83.8 Å². The number of ether oxygens (including phenoxy) is 1. The van der Waals surface area contributed by atoms with Gasteiger partial charge in [-0.1, -0.05) is 12.5 Å². The predicted octanol–water partition coefficient (Wildman–Crippen LogP) is 1.12. The lowest BCUT2D eigenvalue weighted by Gasteiger charge is -2.25. The van der Waals surface area contributed by atoms with Crippen molar-refractivity contribution < 1.29 is 14.6 Å². The minimum absolute atomic E-state index is 0.118. The van der Waals surface area contributed by atoms with Crippen molar-refractivity contribution >= 4 is 5.97 Å². The van der Waals surface area contributed by atoms with Crippen molar-refractivity contribution in [3.63, 3.8) is 0 Å². The van der Waals surface area contributed by atoms with E-state index in [4.69, 9.17) is 4.74 Å². The molecule has 0 radical (unpaired) electrons. The summed E-state index contributed by atoms with van der Waals surface area (Å²) in [6, 6.07) is 0. The highest BCUT2D eigenvalue weighted by Crippen LogP contribution is 2.67. The maximum atomic E-state index is 11.7. The number of rotatable bonds is 2. The summed E-state index contributed by atoms with van der Waals surface area (Å²) in [5.41, 5.74) is -0.644. The molecule has 0 saturated heterocycles. The van der Waals surface area contributed by atoms with Gasteiger partial charge in [-0.05, 0) is 24.7 Å². The van der Waals surface area contributed by atoms with E-state index in [-0.39, 0.29) is 17.8 Å². The highest BCUT2D eigenvalue weighted by molar-refractivity contribution is 5.83. The van der Waals surface area contributed by atoms with Crippen molar-refractivity contribution in [3.8, 4) is 0 Å². The van der Waals surface area contributed by atoms with Crippen LogP contribution in [0.5, 0.6) is 0 Å². The number of hydrogen-bond donors (Lipinski definition) is 1. The molecule has 0 spiro atoms. The summed E-state index contributed by atoms with van der Waals surface area (Å²) in [6.07, 6.45) is 3.95. The molecule has 2 fully saturated rings. The van der Waals surface area contributed by atoms with Crippen LogP contribution >= 0.6 is 0 Å². The second kappa shape index (κ2) is 3.09. The maximum Gasteiger partial charge on any atom is 0.315 e. The smallest absolute Gasteiger partial charge is 0.315 e. The first-order valence-electron chi connectivity index (χ1n) is 5.08. The summed E-state index contributed by atoms with van der Waals surface area (Å²) in [5.74, 6) is 0.114. The highest BCUT2D eigenvalue weighted by Gasteiger charge is 2.73. The van der Waals surface area contributed by atoms with E-state index in [1.807, 2.05) is 0 Å². The van der Waals surface area contributed by atoms with Crippen molar-refractivity contribution in [2.45, 2.75) is 25.4 Å². The molecule has 2 rings (SSSR count). The molecule has 78 valence electrons. The fraction of sp³-hybridized carbons (Fsp3) is 0.727. The van der Waals surface area contributed by atoms with Gasteiger partial charge in [0.1, 0.15) is 5.41 Å². The van der Waals surface area contributed by atoms with Gasteiger partial charge >= 0.3 is 5.97 Å². The zero-order chi connectivity index (χ0) is 10.3. The molecule has 0 heterocycles. The number of methoxy groups -OCH3 is 1. The van der Waals surface area contributed by atoms with E-state index in [1.54, 1.807) is 6.08 Å². The van der Waals surface area contributed by atoms with Crippen LogP contribution in [0.15, 0.2) is 12.7 Å². The van der Waals surface area contributed by atoms with Crippen LogP contribution in [0, 0.1) is 17.3 Å². The molecule has 3 heteroatoms. The molecule has 0 aromatic rings. The SMILES string of the molecule is C=CC1C2CCCC(O)C12C(=O)OC. The summed E-state index contributed by atoms with van der Waals surface area (Å²) in [4.78, 5) is 11.7. The molecule has 4 unspecified atom stereocenters. The van der Waals surface area contributed by atoms with Crippen LogP contribution in [0.2, 0.25) is 0 Å². The second-order valence-electron chi connectivity index (χ2n) is 4.24. The van der Waals surface area contributed by atoms with E-state index >= 15 is 0 Å². The van der Waals surface area contributed by atoms with Crippen molar-refractivity contribution in [3.05, 3.63) is 12.7 Å². The van der Waals surface area contributed by atoms with E-state index in [9.17, 15) is 9.90 Å². The van der Waals surface area contributed by atoms with Crippen molar-refractivity contribution in [2.24, 2.45) is 17.3 Å². The molecule has 3 nitrogen and oxygen atoms in total. The number of aliphatic hydroxyl groups excluding tert-OH is 1. The Morgan fingerprint density at radius 3 is 2.93 bits per heavy atom. The fourth-order valence-corrected chi connectivity index (χ4v) is 3.13. The first kappa shape index (κ1) is 9.71. The highest BCUT2D eigenvalue weighted by atomic mass is 16.5. The summed E-state index contributed by atoms with van der Waals surface area (Å²) in [5, 5.41) is 9.92. The van der Waals surface area contributed by atoms with Crippen LogP contribution in [0.25, 0.3) is 0 Å². The average molecular weight is 196 g/mol. The van der Waals surface area contributed by atoms with Gasteiger partial charge in [-0.2, -0.15) is 0 Å². The van der Waals surface area contributed by atoms with Gasteiger partial charge in [0.15, 0.2) is 0 Å². The third kappa shape index (κ3) is 0.934. The Morgan fingerprint density at radius 2 is 2.36 bits per heavy atom. The van der Waals surface area contributed by atoms with Crippen LogP contribution < -0.4 is 0 Å². The molecular weight excluding hydrogens is 180 g/mol. The van der Waals surface area contributed by atoms with Crippen LogP contribution in [0.1, 0.15) is 19.3 Å². The van der Waals surface area contributed by atoms with E-state index in [1.165, 1.54) is 7.11 Å². The van der Waals surface area contributed by atoms with Gasteiger partial charge in [0.2, 0.25) is 0 Å². The van der Waals surface area contributed by atoms with E-state index < -0.39 is 11.5 Å². The van der Waals surface area contributed by atoms with Gasteiger partial charge in [-0.25, -0.2) is 0 Å². The quantitative estimate of drug-likeness (QED) is 0.532. The summed E-state index contributed by atoms with van der Waals surface area (Å²) in [6.45, 7) is 3.72. The van der Waals surface area contributed by atoms with Gasteiger partial charge in [0, 0.05) is 0 Å². The summed E-state index contributed by atoms with van der Waals surface area (Å²) in [7, 11) is 1.38. The lowest BCUT2D eigenvalue weighted by Crippen LogP contribution is -2.36. The van der Waals surface area contributed by atoms with Crippen molar-refractivity contribution in [1.82, 2.24) is 0 Å². The zero-order valence-corrected chi connectivity index (χ0v) is 8.40. The minimum atomic E-state index is -0.644. The second-order valence-corrected chi connectivity index (χ2v) is 4.24. The number of allylic oxidation sites excluding steroid dienone is 1. The zero-order valence-electron chi connectivity index (χ0n) is 8.40. The topological polar surface area (TPSA) is 46.5 Å². The largest absolute Gasteiger partial charge is 0.468 e. The molecule has 0 aliphatic heterocycles. The minimum Gasteiger partial charge on any atom is -0.468 e. The molecule has 4 atom stereocenters. The molecule has 0 amide bonds. The van der Waals surface area contributed by atoms with Gasteiger partial charge in [0.25, 0.3) is 0 Å². The molecule has 2 saturated carbocycles. The standard InChI is InChI=1S/C11H16O3/c1-3-7-8-5-4-6-9(12)11(7,8)10(13)14-2/h3,7-9,12H,1,4-6H2,2H3. The number of carbonyl (C=O) groups excluding carboxylic acids is 1. The number of carbonyl (C=O) groups is 1. The Hall–Kier alpha value is -0.830. The third-order valence-corrected chi connectivity index (χ3v) is 3.83. The average Bonchev–Trinajstić information content (AvgIpc) is 2.87. The number of fused-ring (bicyclic) bond motifs is 1. The summed E-state index contributed by atoms with van der Waals surface area (Å²) < 4.78 is 4.79. The van der Waals surface area contributed by atoms with Gasteiger partial charge in [-0.15, -0.1) is 6.58 Å². The van der Waals surface area contributed by atoms with Crippen molar-refractivity contribution in [1.29, 1.82) is 0 Å². The van der Waals surface area contributed by atoms with Crippen LogP contribution in [0.4, 0.5) is 0 Å². The summed E-state index contributed by atoms with van der Waals surface area (Å²) >= 11 is 0. The monoisotopic (exact) mass is 196 g/mol. The first-order chi connectivity index (χ1) is 6.69. The fourth-order valence-electron chi connectivity index (χ4n) is 3.13. The number of hydrogen-bond acceptors (Lipinski definition) is 3. The number of aliphatic hydroxyl groups is 1. The van der Waals surface area contributed by atoms with Crippen LogP contribution in [-0.2, 0) is 9.53 Å². The molecular formula is C11H16O3. The molecule has 0 aromatic carbocycles. The molecule has 0 bridgehead atoms. The van der Waals surface area contributed by atoms with Crippen LogP contribution in [-0.4, -0.2) is 24.3 Å². The van der Waals surface area contributed by atoms with E-state index in [0.717, 1.165) is 12.8 Å². The van der Waals surface area contributed by atoms with Crippen molar-refractivity contribution in [2.75, 3.05) is 7.11 Å². The number of esters is 1. The third-order valence-electron chi connectivity index (χ3n) is 3.83. The van der Waals surface area contributed by atoms with Crippen LogP contribution in [0.3, 0.4) is 0 Å².